The van der Waals surface area contributed by atoms with Crippen LogP contribution < -0.4 is 21.9 Å². The van der Waals surface area contributed by atoms with E-state index in [2.05, 4.69) is 63.7 Å². The van der Waals surface area contributed by atoms with Gasteiger partial charge < -0.3 is 9.57 Å². The van der Waals surface area contributed by atoms with Crippen molar-refractivity contribution in [2.45, 2.75) is 28.8 Å². The van der Waals surface area contributed by atoms with Gasteiger partial charge in [0.2, 0.25) is 0 Å². The van der Waals surface area contributed by atoms with Gasteiger partial charge in [0, 0.05) is 33.4 Å². The minimum atomic E-state index is -0.794. The second kappa shape index (κ2) is 9.15. The lowest BCUT2D eigenvalue weighted by Crippen LogP contribution is -2.57. The molecule has 1 aliphatic heterocycles. The van der Waals surface area contributed by atoms with E-state index in [0.29, 0.717) is 22.0 Å². The second-order valence-corrected chi connectivity index (χ2v) is 9.00. The number of rotatable bonds is 9. The van der Waals surface area contributed by atoms with Gasteiger partial charge in [0.1, 0.15) is 12.7 Å². The molecule has 3 atom stereocenters. The van der Waals surface area contributed by atoms with Crippen molar-refractivity contribution in [2.24, 2.45) is 0 Å². The number of ether oxygens (including phenoxy) is 1. The fourth-order valence-electron chi connectivity index (χ4n) is 1.85. The highest BCUT2D eigenvalue weighted by molar-refractivity contribution is 9.12. The predicted molar refractivity (Wildman–Crippen MR) is 103 cm³/mol. The fraction of sp³-hybridized carbons (Fsp3) is 0.750. The number of hydrogen-bond acceptors (Lipinski definition) is 5. The molecule has 0 radical (unpaired) electrons. The summed E-state index contributed by atoms with van der Waals surface area (Å²) >= 11 is 13.3. The van der Waals surface area contributed by atoms with Crippen LogP contribution in [0, 0.1) is 0 Å². The normalized spacial score (nSPS) is 19.1. The summed E-state index contributed by atoms with van der Waals surface area (Å²) in [7, 11) is 0. The minimum absolute atomic E-state index is 0.0831. The van der Waals surface area contributed by atoms with Crippen LogP contribution in [0.1, 0.15) is 0 Å². The Morgan fingerprint density at radius 1 is 1.00 bits per heavy atom. The molecule has 8 nitrogen and oxygen atoms in total. The molecule has 0 N–H and O–H groups in total. The molecular formula is C12H15Br4N3O5. The number of alkyl halides is 4. The topological polar surface area (TPSA) is 87.8 Å². The lowest BCUT2D eigenvalue weighted by Gasteiger charge is -2.16. The molecule has 0 saturated carbocycles. The molecule has 12 heteroatoms. The molecular weight excluding hydrogens is 586 g/mol. The molecule has 1 aromatic rings. The smallest absolute Gasteiger partial charge is 0.370 e. The van der Waals surface area contributed by atoms with E-state index in [0.717, 1.165) is 9.13 Å². The van der Waals surface area contributed by atoms with E-state index in [9.17, 15) is 14.4 Å². The Morgan fingerprint density at radius 3 is 1.83 bits per heavy atom. The average molecular weight is 601 g/mol. The Balaban J connectivity index is 2.49. The van der Waals surface area contributed by atoms with E-state index in [1.54, 1.807) is 0 Å². The first-order valence-corrected chi connectivity index (χ1v) is 11.1. The van der Waals surface area contributed by atoms with Crippen LogP contribution >= 0.6 is 63.7 Å². The first-order chi connectivity index (χ1) is 11.4. The summed E-state index contributed by atoms with van der Waals surface area (Å²) in [6.45, 7) is 0.823. The van der Waals surface area contributed by atoms with Gasteiger partial charge in [0.15, 0.2) is 0 Å². The summed E-state index contributed by atoms with van der Waals surface area (Å²) in [5, 5.41) is 1.08. The standard InChI is InChI=1S/C12H15Br4N3O5/c13-1-7(15)3-17-10(20)18(4-8(16)2-14)12(22)19(11(17)21)24-6-9-5-23-9/h7-9H,1-6H2. The van der Waals surface area contributed by atoms with E-state index < -0.39 is 17.1 Å². The van der Waals surface area contributed by atoms with Crippen LogP contribution in [-0.4, -0.2) is 53.5 Å². The Morgan fingerprint density at radius 2 is 1.46 bits per heavy atom. The molecule has 1 saturated heterocycles. The van der Waals surface area contributed by atoms with Crippen LogP contribution in [0.5, 0.6) is 0 Å². The molecule has 1 fully saturated rings. The quantitative estimate of drug-likeness (QED) is 0.301. The zero-order valence-corrected chi connectivity index (χ0v) is 18.7. The van der Waals surface area contributed by atoms with Crippen LogP contribution in [0.2, 0.25) is 0 Å². The molecule has 1 aliphatic rings. The van der Waals surface area contributed by atoms with E-state index in [4.69, 9.17) is 9.57 Å². The van der Waals surface area contributed by atoms with Gasteiger partial charge in [-0.15, -0.1) is 0 Å². The van der Waals surface area contributed by atoms with Gasteiger partial charge in [-0.3, -0.25) is 0 Å². The number of aromatic nitrogens is 3. The Bertz CT molecular complexity index is 691. The van der Waals surface area contributed by atoms with Crippen molar-refractivity contribution in [2.75, 3.05) is 23.9 Å². The molecule has 3 unspecified atom stereocenters. The molecule has 0 amide bonds. The zero-order chi connectivity index (χ0) is 17.9. The lowest BCUT2D eigenvalue weighted by atomic mass is 10.4. The number of epoxide rings is 1. The SMILES string of the molecule is O=c1n(CC(Br)CBr)c(=O)n(OCC2CO2)c(=O)n1CC(Br)CBr. The van der Waals surface area contributed by atoms with Crippen molar-refractivity contribution in [1.29, 1.82) is 0 Å². The van der Waals surface area contributed by atoms with Crippen molar-refractivity contribution in [1.82, 2.24) is 13.9 Å². The summed E-state index contributed by atoms with van der Waals surface area (Å²) in [5.74, 6) is 0. The molecule has 2 rings (SSSR count). The molecule has 0 spiro atoms. The summed E-state index contributed by atoms with van der Waals surface area (Å²) in [6.07, 6.45) is -0.122. The highest BCUT2D eigenvalue weighted by Crippen LogP contribution is 2.07. The van der Waals surface area contributed by atoms with E-state index in [-0.39, 0.29) is 35.5 Å². The summed E-state index contributed by atoms with van der Waals surface area (Å²) in [6, 6.07) is 0. The van der Waals surface area contributed by atoms with E-state index in [1.165, 1.54) is 0 Å². The maximum Gasteiger partial charge on any atom is 0.370 e. The molecule has 24 heavy (non-hydrogen) atoms. The monoisotopic (exact) mass is 597 g/mol. The largest absolute Gasteiger partial charge is 0.402 e. The molecule has 1 aromatic heterocycles. The van der Waals surface area contributed by atoms with Crippen LogP contribution in [0.15, 0.2) is 14.4 Å². The third-order valence-electron chi connectivity index (χ3n) is 3.16. The molecule has 0 aliphatic carbocycles. The van der Waals surface area contributed by atoms with Crippen molar-refractivity contribution >= 4 is 63.7 Å². The molecule has 0 bridgehead atoms. The van der Waals surface area contributed by atoms with Gasteiger partial charge >= 0.3 is 17.1 Å². The first-order valence-electron chi connectivity index (χ1n) is 7.00. The Kier molecular flexibility index (Phi) is 7.78. The van der Waals surface area contributed by atoms with Crippen molar-refractivity contribution in [3.8, 4) is 0 Å². The summed E-state index contributed by atoms with van der Waals surface area (Å²) in [5.41, 5.74) is -2.25. The average Bonchev–Trinajstić information content (AvgIpc) is 3.39. The summed E-state index contributed by atoms with van der Waals surface area (Å²) < 4.78 is 7.62. The maximum atomic E-state index is 12.6. The Labute approximate surface area is 170 Å². The number of nitrogens with zero attached hydrogens (tertiary/aromatic N) is 3. The molecule has 136 valence electrons. The second-order valence-electron chi connectivity index (χ2n) is 5.12. The van der Waals surface area contributed by atoms with Gasteiger partial charge in [0.05, 0.1) is 6.61 Å². The minimum Gasteiger partial charge on any atom is -0.402 e. The van der Waals surface area contributed by atoms with Gasteiger partial charge in [-0.1, -0.05) is 68.5 Å². The van der Waals surface area contributed by atoms with Gasteiger partial charge in [-0.05, 0) is 0 Å². The highest BCUT2D eigenvalue weighted by atomic mass is 79.9. The van der Waals surface area contributed by atoms with Crippen LogP contribution in [0.25, 0.3) is 0 Å². The van der Waals surface area contributed by atoms with E-state index >= 15 is 0 Å². The maximum absolute atomic E-state index is 12.6. The van der Waals surface area contributed by atoms with Crippen LogP contribution in [-0.2, 0) is 17.8 Å². The lowest BCUT2D eigenvalue weighted by molar-refractivity contribution is 0.0664. The van der Waals surface area contributed by atoms with Crippen LogP contribution in [0.4, 0.5) is 0 Å². The van der Waals surface area contributed by atoms with Gasteiger partial charge in [0.25, 0.3) is 0 Å². The van der Waals surface area contributed by atoms with Crippen molar-refractivity contribution < 1.29 is 9.57 Å². The van der Waals surface area contributed by atoms with Crippen molar-refractivity contribution in [3.05, 3.63) is 31.5 Å². The third kappa shape index (κ3) is 5.05. The molecule has 0 aromatic carbocycles. The highest BCUT2D eigenvalue weighted by Gasteiger charge is 2.26. The van der Waals surface area contributed by atoms with Crippen molar-refractivity contribution in [3.63, 3.8) is 0 Å². The van der Waals surface area contributed by atoms with Gasteiger partial charge in [-0.25, -0.2) is 23.5 Å². The zero-order valence-electron chi connectivity index (χ0n) is 12.4. The van der Waals surface area contributed by atoms with Crippen LogP contribution in [0.3, 0.4) is 0 Å². The fourth-order valence-corrected chi connectivity index (χ4v) is 2.84. The summed E-state index contributed by atoms with van der Waals surface area (Å²) in [4.78, 5) is 42.6. The molecule has 2 heterocycles. The van der Waals surface area contributed by atoms with Gasteiger partial charge in [-0.2, -0.15) is 0 Å². The number of hydrogen-bond donors (Lipinski definition) is 0. The number of halogens is 4. The third-order valence-corrected chi connectivity index (χ3v) is 7.69. The predicted octanol–water partition coefficient (Wildman–Crippen LogP) is 0.316. The van der Waals surface area contributed by atoms with E-state index in [1.807, 2.05) is 0 Å². The Hall–Kier alpha value is 0.0900. The first kappa shape index (κ1) is 20.4.